The zero-order chi connectivity index (χ0) is 10.8. The maximum Gasteiger partial charge on any atom is 0.308 e. The molecule has 80 valence electrons. The van der Waals surface area contributed by atoms with E-state index in [1.165, 1.54) is 7.11 Å². The second-order valence-electron chi connectivity index (χ2n) is 3.24. The molecule has 0 aromatic rings. The molecule has 14 heavy (non-hydrogen) atoms. The first-order valence-corrected chi connectivity index (χ1v) is 5.10. The number of hydrogen-bond donors (Lipinski definition) is 0. The van der Waals surface area contributed by atoms with E-state index in [9.17, 15) is 4.79 Å². The molecule has 0 saturated carbocycles. The largest absolute Gasteiger partial charge is 0.469 e. The molecule has 1 atom stereocenters. The van der Waals surface area contributed by atoms with Gasteiger partial charge in [0.1, 0.15) is 0 Å². The first-order chi connectivity index (χ1) is 6.76. The van der Waals surface area contributed by atoms with Crippen LogP contribution in [-0.4, -0.2) is 13.1 Å². The quantitative estimate of drug-likeness (QED) is 0.462. The van der Waals surface area contributed by atoms with Crippen molar-refractivity contribution >= 4 is 5.97 Å². The summed E-state index contributed by atoms with van der Waals surface area (Å²) in [5.41, 5.74) is 0. The van der Waals surface area contributed by atoms with Crippen LogP contribution in [0.3, 0.4) is 0 Å². The lowest BCUT2D eigenvalue weighted by Crippen LogP contribution is -2.15. The molecule has 2 heteroatoms. The van der Waals surface area contributed by atoms with Gasteiger partial charge < -0.3 is 4.74 Å². The summed E-state index contributed by atoms with van der Waals surface area (Å²) in [5.74, 6) is -0.0823. The van der Waals surface area contributed by atoms with Crippen molar-refractivity contribution < 1.29 is 9.53 Å². The van der Waals surface area contributed by atoms with Crippen molar-refractivity contribution in [2.75, 3.05) is 7.11 Å². The van der Waals surface area contributed by atoms with Crippen LogP contribution in [0.5, 0.6) is 0 Å². The summed E-state index contributed by atoms with van der Waals surface area (Å²) in [4.78, 5) is 11.3. The predicted octanol–water partition coefficient (Wildman–Crippen LogP) is 3.10. The van der Waals surface area contributed by atoms with Crippen LogP contribution in [0.1, 0.15) is 32.6 Å². The minimum absolute atomic E-state index is 0.0195. The molecule has 1 unspecified atom stereocenters. The van der Waals surface area contributed by atoms with Crippen molar-refractivity contribution in [3.63, 3.8) is 0 Å². The van der Waals surface area contributed by atoms with E-state index in [0.29, 0.717) is 0 Å². The van der Waals surface area contributed by atoms with E-state index >= 15 is 0 Å². The Morgan fingerprint density at radius 2 is 2.21 bits per heavy atom. The fourth-order valence-corrected chi connectivity index (χ4v) is 1.30. The minimum Gasteiger partial charge on any atom is -0.469 e. The molecule has 0 N–H and O–H groups in total. The van der Waals surface area contributed by atoms with Crippen LogP contribution in [-0.2, 0) is 9.53 Å². The van der Waals surface area contributed by atoms with Gasteiger partial charge in [0.15, 0.2) is 0 Å². The molecule has 0 aliphatic carbocycles. The van der Waals surface area contributed by atoms with E-state index in [4.69, 9.17) is 4.74 Å². The third-order valence-corrected chi connectivity index (χ3v) is 2.06. The van der Waals surface area contributed by atoms with Gasteiger partial charge in [-0.15, -0.1) is 6.58 Å². The van der Waals surface area contributed by atoms with Gasteiger partial charge >= 0.3 is 5.97 Å². The van der Waals surface area contributed by atoms with Gasteiger partial charge in [-0.1, -0.05) is 31.6 Å². The average molecular weight is 196 g/mol. The van der Waals surface area contributed by atoms with E-state index in [2.05, 4.69) is 13.5 Å². The summed E-state index contributed by atoms with van der Waals surface area (Å²) in [6.07, 6.45) is 9.43. The first-order valence-electron chi connectivity index (χ1n) is 5.10. The fraction of sp³-hybridized carbons (Fsp3) is 0.583. The van der Waals surface area contributed by atoms with Crippen LogP contribution in [0.25, 0.3) is 0 Å². The van der Waals surface area contributed by atoms with Gasteiger partial charge in [0.2, 0.25) is 0 Å². The van der Waals surface area contributed by atoms with Crippen molar-refractivity contribution in [1.29, 1.82) is 0 Å². The summed E-state index contributed by atoms with van der Waals surface area (Å²) in [6.45, 7) is 5.69. The second kappa shape index (κ2) is 8.54. The summed E-state index contributed by atoms with van der Waals surface area (Å²) >= 11 is 0. The summed E-state index contributed by atoms with van der Waals surface area (Å²) < 4.78 is 4.73. The SMILES string of the molecule is C=CCC=CCC(CCC)C(=O)OC. The molecule has 0 radical (unpaired) electrons. The molecule has 0 fully saturated rings. The van der Waals surface area contributed by atoms with Crippen molar-refractivity contribution in [3.8, 4) is 0 Å². The molecular weight excluding hydrogens is 176 g/mol. The average Bonchev–Trinajstić information content (AvgIpc) is 2.21. The minimum atomic E-state index is -0.102. The Morgan fingerprint density at radius 1 is 1.50 bits per heavy atom. The highest BCUT2D eigenvalue weighted by Gasteiger charge is 2.15. The number of methoxy groups -OCH3 is 1. The Kier molecular flexibility index (Phi) is 7.90. The Balaban J connectivity index is 3.95. The molecule has 0 saturated heterocycles. The molecule has 0 aliphatic rings. The Labute approximate surface area is 86.6 Å². The van der Waals surface area contributed by atoms with E-state index in [1.54, 1.807) is 0 Å². The molecule has 0 amide bonds. The van der Waals surface area contributed by atoms with Crippen LogP contribution >= 0.6 is 0 Å². The standard InChI is InChI=1S/C12H20O2/c1-4-6-7-8-10-11(9-5-2)12(13)14-3/h4,7-8,11H,1,5-6,9-10H2,2-3H3. The number of hydrogen-bond acceptors (Lipinski definition) is 2. The molecule has 0 spiro atoms. The number of carbonyl (C=O) groups is 1. The molecule has 0 aliphatic heterocycles. The maximum atomic E-state index is 11.3. The summed E-state index contributed by atoms with van der Waals surface area (Å²) in [6, 6.07) is 0. The molecule has 0 bridgehead atoms. The third-order valence-electron chi connectivity index (χ3n) is 2.06. The maximum absolute atomic E-state index is 11.3. The highest BCUT2D eigenvalue weighted by Crippen LogP contribution is 2.13. The van der Waals surface area contributed by atoms with Gasteiger partial charge in [0, 0.05) is 0 Å². The lowest BCUT2D eigenvalue weighted by atomic mass is 10.00. The fourth-order valence-electron chi connectivity index (χ4n) is 1.30. The lowest BCUT2D eigenvalue weighted by molar-refractivity contribution is -0.145. The van der Waals surface area contributed by atoms with E-state index in [0.717, 1.165) is 25.7 Å². The van der Waals surface area contributed by atoms with Gasteiger partial charge in [0.25, 0.3) is 0 Å². The Bertz CT molecular complexity index is 194. The van der Waals surface area contributed by atoms with Crippen molar-refractivity contribution in [2.24, 2.45) is 5.92 Å². The van der Waals surface area contributed by atoms with E-state index in [-0.39, 0.29) is 11.9 Å². The summed E-state index contributed by atoms with van der Waals surface area (Å²) in [5, 5.41) is 0. The van der Waals surface area contributed by atoms with Crippen LogP contribution in [0.15, 0.2) is 24.8 Å². The monoisotopic (exact) mass is 196 g/mol. The van der Waals surface area contributed by atoms with Crippen molar-refractivity contribution in [3.05, 3.63) is 24.8 Å². The van der Waals surface area contributed by atoms with Crippen molar-refractivity contribution in [1.82, 2.24) is 0 Å². The second-order valence-corrected chi connectivity index (χ2v) is 3.24. The number of rotatable bonds is 7. The van der Waals surface area contributed by atoms with Crippen LogP contribution in [0.4, 0.5) is 0 Å². The summed E-state index contributed by atoms with van der Waals surface area (Å²) in [7, 11) is 1.44. The topological polar surface area (TPSA) is 26.3 Å². The van der Waals surface area contributed by atoms with E-state index < -0.39 is 0 Å². The van der Waals surface area contributed by atoms with Gasteiger partial charge in [-0.3, -0.25) is 4.79 Å². The van der Waals surface area contributed by atoms with Crippen LogP contribution in [0, 0.1) is 5.92 Å². The smallest absolute Gasteiger partial charge is 0.308 e. The third kappa shape index (κ3) is 5.57. The molecular formula is C12H20O2. The van der Waals surface area contributed by atoms with E-state index in [1.807, 2.05) is 18.2 Å². The highest BCUT2D eigenvalue weighted by atomic mass is 16.5. The highest BCUT2D eigenvalue weighted by molar-refractivity contribution is 5.72. The van der Waals surface area contributed by atoms with Gasteiger partial charge in [-0.25, -0.2) is 0 Å². The van der Waals surface area contributed by atoms with Crippen LogP contribution < -0.4 is 0 Å². The lowest BCUT2D eigenvalue weighted by Gasteiger charge is -2.10. The number of ether oxygens (including phenoxy) is 1. The number of carbonyl (C=O) groups excluding carboxylic acids is 1. The van der Waals surface area contributed by atoms with Crippen molar-refractivity contribution in [2.45, 2.75) is 32.6 Å². The predicted molar refractivity (Wildman–Crippen MR) is 59.0 cm³/mol. The molecule has 2 nitrogen and oxygen atoms in total. The molecule has 0 heterocycles. The normalized spacial score (nSPS) is 12.7. The van der Waals surface area contributed by atoms with Crippen LogP contribution in [0.2, 0.25) is 0 Å². The molecule has 0 aromatic heterocycles. The zero-order valence-corrected chi connectivity index (χ0v) is 9.16. The Morgan fingerprint density at radius 3 is 2.71 bits per heavy atom. The number of allylic oxidation sites excluding steroid dienone is 3. The van der Waals surface area contributed by atoms with Gasteiger partial charge in [-0.05, 0) is 19.3 Å². The zero-order valence-electron chi connectivity index (χ0n) is 9.16. The van der Waals surface area contributed by atoms with Gasteiger partial charge in [0.05, 0.1) is 13.0 Å². The molecule has 0 aromatic carbocycles. The Hall–Kier alpha value is -1.05. The van der Waals surface area contributed by atoms with Gasteiger partial charge in [-0.2, -0.15) is 0 Å². The first kappa shape index (κ1) is 12.9. The molecule has 0 rings (SSSR count). The number of esters is 1.